The molecule has 0 spiro atoms. The third-order valence-corrected chi connectivity index (χ3v) is 3.61. The fourth-order valence-electron chi connectivity index (χ4n) is 2.40. The second-order valence-corrected chi connectivity index (χ2v) is 5.17. The van der Waals surface area contributed by atoms with Crippen molar-refractivity contribution in [3.05, 3.63) is 30.0 Å². The van der Waals surface area contributed by atoms with E-state index in [9.17, 15) is 4.79 Å². The molecule has 0 N–H and O–H groups in total. The Balaban J connectivity index is 0.000000924. The zero-order chi connectivity index (χ0) is 16.7. The van der Waals surface area contributed by atoms with Gasteiger partial charge in [0.25, 0.3) is 0 Å². The summed E-state index contributed by atoms with van der Waals surface area (Å²) >= 11 is 0. The van der Waals surface area contributed by atoms with Crippen LogP contribution in [0.2, 0.25) is 0 Å². The molecule has 1 aliphatic rings. The molecule has 0 bridgehead atoms. The lowest BCUT2D eigenvalue weighted by molar-refractivity contribution is 0.0322. The molecule has 1 fully saturated rings. The summed E-state index contributed by atoms with van der Waals surface area (Å²) in [6.07, 6.45) is 0. The number of nitrogens with zero attached hydrogens (tertiary/aromatic N) is 1. The monoisotopic (exact) mass is 319 g/mol. The van der Waals surface area contributed by atoms with Gasteiger partial charge in [0.2, 0.25) is 0 Å². The molecule has 1 saturated heterocycles. The van der Waals surface area contributed by atoms with Crippen LogP contribution in [-0.2, 0) is 4.74 Å². The molecule has 0 radical (unpaired) electrons. The van der Waals surface area contributed by atoms with Gasteiger partial charge in [0.15, 0.2) is 11.5 Å². The van der Waals surface area contributed by atoms with E-state index in [0.29, 0.717) is 18.0 Å². The number of morpholine rings is 1. The molecule has 5 heteroatoms. The number of hydrogen-bond donors (Lipinski definition) is 0. The molecule has 0 atom stereocenters. The fraction of sp³-hybridized carbons (Fsp3) is 0.500. The molecule has 1 aromatic heterocycles. The Morgan fingerprint density at radius 1 is 1.22 bits per heavy atom. The SMILES string of the molecule is CC.CC(=O)c1cc2cc(OCCN3CCOCC3)ccc2o1. The van der Waals surface area contributed by atoms with Gasteiger partial charge in [-0.1, -0.05) is 13.8 Å². The number of carbonyl (C=O) groups is 1. The number of ketones is 1. The van der Waals surface area contributed by atoms with Crippen LogP contribution in [-0.4, -0.2) is 50.1 Å². The van der Waals surface area contributed by atoms with Crippen LogP contribution in [0, 0.1) is 0 Å². The smallest absolute Gasteiger partial charge is 0.194 e. The molecule has 2 heterocycles. The lowest BCUT2D eigenvalue weighted by Crippen LogP contribution is -2.38. The highest BCUT2D eigenvalue weighted by Gasteiger charge is 2.11. The standard InChI is InChI=1S/C16H19NO4.C2H6/c1-12(18)16-11-13-10-14(2-3-15(13)21-16)20-9-6-17-4-7-19-8-5-17;1-2/h2-3,10-11H,4-9H2,1H3;1-2H3. The highest BCUT2D eigenvalue weighted by atomic mass is 16.5. The summed E-state index contributed by atoms with van der Waals surface area (Å²) in [5, 5.41) is 0.893. The summed E-state index contributed by atoms with van der Waals surface area (Å²) < 4.78 is 16.5. The molecule has 23 heavy (non-hydrogen) atoms. The maximum absolute atomic E-state index is 11.3. The Labute approximate surface area is 137 Å². The predicted octanol–water partition coefficient (Wildman–Crippen LogP) is 3.37. The van der Waals surface area contributed by atoms with Crippen LogP contribution >= 0.6 is 0 Å². The number of fused-ring (bicyclic) bond motifs is 1. The maximum atomic E-state index is 11.3. The van der Waals surface area contributed by atoms with E-state index in [4.69, 9.17) is 13.9 Å². The first-order valence-corrected chi connectivity index (χ1v) is 8.20. The molecule has 0 aliphatic carbocycles. The fourth-order valence-corrected chi connectivity index (χ4v) is 2.40. The van der Waals surface area contributed by atoms with Crippen molar-refractivity contribution in [3.63, 3.8) is 0 Å². The molecule has 1 aromatic carbocycles. The van der Waals surface area contributed by atoms with Gasteiger partial charge in [-0.15, -0.1) is 0 Å². The second kappa shape index (κ2) is 8.70. The first-order chi connectivity index (χ1) is 11.2. The van der Waals surface area contributed by atoms with E-state index in [1.54, 1.807) is 6.07 Å². The van der Waals surface area contributed by atoms with Crippen LogP contribution in [0.5, 0.6) is 5.75 Å². The summed E-state index contributed by atoms with van der Waals surface area (Å²) in [5.41, 5.74) is 0.709. The van der Waals surface area contributed by atoms with E-state index in [1.165, 1.54) is 6.92 Å². The van der Waals surface area contributed by atoms with Gasteiger partial charge >= 0.3 is 0 Å². The highest BCUT2D eigenvalue weighted by Crippen LogP contribution is 2.24. The normalized spacial score (nSPS) is 15.1. The molecule has 3 rings (SSSR count). The molecule has 0 unspecified atom stereocenters. The molecule has 2 aromatic rings. The van der Waals surface area contributed by atoms with E-state index in [2.05, 4.69) is 4.90 Å². The molecule has 5 nitrogen and oxygen atoms in total. The summed E-state index contributed by atoms with van der Waals surface area (Å²) in [4.78, 5) is 13.6. The molecule has 126 valence electrons. The number of Topliss-reactive ketones (excluding diaryl/α,β-unsaturated/α-hetero) is 1. The Hall–Kier alpha value is -1.85. The van der Waals surface area contributed by atoms with Gasteiger partial charge in [-0.2, -0.15) is 0 Å². The minimum absolute atomic E-state index is 0.0685. The number of furan rings is 1. The van der Waals surface area contributed by atoms with Crippen molar-refractivity contribution in [2.45, 2.75) is 20.8 Å². The van der Waals surface area contributed by atoms with E-state index in [-0.39, 0.29) is 5.78 Å². The summed E-state index contributed by atoms with van der Waals surface area (Å²) in [6.45, 7) is 10.6. The highest BCUT2D eigenvalue weighted by molar-refractivity contribution is 5.96. The van der Waals surface area contributed by atoms with Crippen molar-refractivity contribution in [2.24, 2.45) is 0 Å². The Bertz CT molecular complexity index is 629. The van der Waals surface area contributed by atoms with Gasteiger partial charge < -0.3 is 13.9 Å². The first kappa shape index (κ1) is 17.5. The van der Waals surface area contributed by atoms with Gasteiger partial charge in [0.1, 0.15) is 17.9 Å². The van der Waals surface area contributed by atoms with Crippen LogP contribution in [0.3, 0.4) is 0 Å². The first-order valence-electron chi connectivity index (χ1n) is 8.20. The lowest BCUT2D eigenvalue weighted by Gasteiger charge is -2.26. The van der Waals surface area contributed by atoms with E-state index >= 15 is 0 Å². The van der Waals surface area contributed by atoms with Crippen molar-refractivity contribution >= 4 is 16.8 Å². The van der Waals surface area contributed by atoms with Gasteiger partial charge in [-0.3, -0.25) is 9.69 Å². The van der Waals surface area contributed by atoms with Crippen molar-refractivity contribution in [1.82, 2.24) is 4.90 Å². The molecule has 0 amide bonds. The van der Waals surface area contributed by atoms with Crippen molar-refractivity contribution in [1.29, 1.82) is 0 Å². The molecule has 1 aliphatic heterocycles. The summed E-state index contributed by atoms with van der Waals surface area (Å²) in [5.74, 6) is 1.11. The molecular weight excluding hydrogens is 294 g/mol. The zero-order valence-corrected chi connectivity index (χ0v) is 14.1. The van der Waals surface area contributed by atoms with Gasteiger partial charge in [0, 0.05) is 31.9 Å². The Kier molecular flexibility index (Phi) is 6.62. The number of rotatable bonds is 5. The van der Waals surface area contributed by atoms with Crippen LogP contribution in [0.1, 0.15) is 31.3 Å². The van der Waals surface area contributed by atoms with Crippen LogP contribution in [0.4, 0.5) is 0 Å². The van der Waals surface area contributed by atoms with Gasteiger partial charge in [-0.05, 0) is 24.3 Å². The number of benzene rings is 1. The third kappa shape index (κ3) is 4.81. The van der Waals surface area contributed by atoms with Crippen LogP contribution < -0.4 is 4.74 Å². The van der Waals surface area contributed by atoms with Gasteiger partial charge in [-0.25, -0.2) is 0 Å². The Morgan fingerprint density at radius 3 is 2.65 bits per heavy atom. The average molecular weight is 319 g/mol. The summed E-state index contributed by atoms with van der Waals surface area (Å²) in [6, 6.07) is 7.37. The van der Waals surface area contributed by atoms with Gasteiger partial charge in [0.05, 0.1) is 13.2 Å². The predicted molar refractivity (Wildman–Crippen MR) is 90.3 cm³/mol. The Morgan fingerprint density at radius 2 is 1.96 bits per heavy atom. The third-order valence-electron chi connectivity index (χ3n) is 3.61. The van der Waals surface area contributed by atoms with E-state index in [0.717, 1.165) is 44.0 Å². The average Bonchev–Trinajstić information content (AvgIpc) is 3.01. The minimum Gasteiger partial charge on any atom is -0.492 e. The molecule has 0 saturated carbocycles. The topological polar surface area (TPSA) is 51.9 Å². The van der Waals surface area contributed by atoms with E-state index in [1.807, 2.05) is 32.0 Å². The minimum atomic E-state index is -0.0685. The van der Waals surface area contributed by atoms with Crippen molar-refractivity contribution in [3.8, 4) is 5.75 Å². The lowest BCUT2D eigenvalue weighted by atomic mass is 10.2. The maximum Gasteiger partial charge on any atom is 0.194 e. The number of carbonyl (C=O) groups excluding carboxylic acids is 1. The quantitative estimate of drug-likeness (QED) is 0.791. The van der Waals surface area contributed by atoms with Crippen molar-refractivity contribution in [2.75, 3.05) is 39.5 Å². The molecular formula is C18H25NO4. The van der Waals surface area contributed by atoms with Crippen LogP contribution in [0.15, 0.2) is 28.7 Å². The zero-order valence-electron chi connectivity index (χ0n) is 14.1. The van der Waals surface area contributed by atoms with Crippen LogP contribution in [0.25, 0.3) is 11.0 Å². The number of ether oxygens (including phenoxy) is 2. The summed E-state index contributed by atoms with van der Waals surface area (Å²) in [7, 11) is 0. The second-order valence-electron chi connectivity index (χ2n) is 5.17. The number of hydrogen-bond acceptors (Lipinski definition) is 5. The van der Waals surface area contributed by atoms with E-state index < -0.39 is 0 Å². The van der Waals surface area contributed by atoms with Crippen molar-refractivity contribution < 1.29 is 18.7 Å². The largest absolute Gasteiger partial charge is 0.492 e.